The zero-order valence-corrected chi connectivity index (χ0v) is 16.4. The van der Waals surface area contributed by atoms with Gasteiger partial charge in [0.25, 0.3) is 0 Å². The van der Waals surface area contributed by atoms with Crippen LogP contribution in [0.25, 0.3) is 0 Å². The minimum Gasteiger partial charge on any atom is -0.467 e. The first kappa shape index (κ1) is 20.0. The first-order valence-electron chi connectivity index (χ1n) is 9.15. The van der Waals surface area contributed by atoms with Crippen LogP contribution < -0.4 is 10.6 Å². The van der Waals surface area contributed by atoms with Crippen molar-refractivity contribution in [3.63, 3.8) is 0 Å². The smallest absolute Gasteiger partial charge is 0.191 e. The molecule has 0 spiro atoms. The topological polar surface area (TPSA) is 87.6 Å². The molecule has 1 aromatic carbocycles. The maximum atomic E-state index is 10.2. The van der Waals surface area contributed by atoms with Gasteiger partial charge in [0.15, 0.2) is 5.96 Å². The molecule has 0 saturated carbocycles. The first-order valence-corrected chi connectivity index (χ1v) is 9.53. The van der Waals surface area contributed by atoms with Crippen molar-refractivity contribution in [1.82, 2.24) is 20.4 Å². The van der Waals surface area contributed by atoms with Gasteiger partial charge in [-0.1, -0.05) is 23.7 Å². The first-order chi connectivity index (χ1) is 13.7. The number of aliphatic hydroxyl groups is 1. The summed E-state index contributed by atoms with van der Waals surface area (Å²) in [6.45, 7) is 3.45. The quantitative estimate of drug-likeness (QED) is 0.399. The van der Waals surface area contributed by atoms with Gasteiger partial charge in [-0.25, -0.2) is 0 Å². The third-order valence-corrected chi connectivity index (χ3v) is 4.45. The number of hydrogen-bond acceptors (Lipinski definition) is 4. The summed E-state index contributed by atoms with van der Waals surface area (Å²) in [5.74, 6) is 1.11. The van der Waals surface area contributed by atoms with Crippen LogP contribution in [-0.2, 0) is 0 Å². The molecule has 0 radical (unpaired) electrons. The molecule has 3 aromatic rings. The van der Waals surface area contributed by atoms with Crippen LogP contribution in [0.4, 0.5) is 0 Å². The second-order valence-electron chi connectivity index (χ2n) is 6.19. The van der Waals surface area contributed by atoms with Crippen LogP contribution in [-0.4, -0.2) is 40.5 Å². The molecule has 2 unspecified atom stereocenters. The lowest BCUT2D eigenvalue weighted by atomic mass is 10.1. The molecule has 0 aliphatic rings. The zero-order valence-electron chi connectivity index (χ0n) is 15.6. The monoisotopic (exact) mass is 401 g/mol. The summed E-state index contributed by atoms with van der Waals surface area (Å²) in [5, 5.41) is 21.8. The number of hydrogen-bond donors (Lipinski definition) is 3. The summed E-state index contributed by atoms with van der Waals surface area (Å²) >= 11 is 6.02. The van der Waals surface area contributed by atoms with Gasteiger partial charge < -0.3 is 20.2 Å². The Morgan fingerprint density at radius 1 is 1.25 bits per heavy atom. The molecule has 2 atom stereocenters. The molecular weight excluding hydrogens is 378 g/mol. The van der Waals surface area contributed by atoms with Gasteiger partial charge in [-0.3, -0.25) is 9.67 Å². The van der Waals surface area contributed by atoms with E-state index in [1.165, 1.54) is 6.26 Å². The minimum absolute atomic E-state index is 0.0360. The van der Waals surface area contributed by atoms with Crippen LogP contribution in [0.3, 0.4) is 0 Å². The average Bonchev–Trinajstić information content (AvgIpc) is 3.41. The van der Waals surface area contributed by atoms with Crippen LogP contribution in [0.15, 0.2) is 70.5 Å². The van der Waals surface area contributed by atoms with Crippen molar-refractivity contribution >= 4 is 17.6 Å². The number of rotatable bonds is 8. The predicted molar refractivity (Wildman–Crippen MR) is 109 cm³/mol. The molecular formula is C20H24ClN5O2. The van der Waals surface area contributed by atoms with Gasteiger partial charge in [-0.05, 0) is 42.8 Å². The molecule has 0 bridgehead atoms. The van der Waals surface area contributed by atoms with Crippen LogP contribution in [0.2, 0.25) is 5.02 Å². The standard InChI is InChI=1S/C20H24ClN5O2/c1-2-22-20(24-14-18(27)19-5-3-12-28-19)23-13-17(26-11-4-10-25-26)15-6-8-16(21)9-7-15/h3-12,17-18,27H,2,13-14H2,1H3,(H2,22,23,24). The van der Waals surface area contributed by atoms with Crippen LogP contribution in [0.1, 0.15) is 30.4 Å². The molecule has 0 fully saturated rings. The fourth-order valence-electron chi connectivity index (χ4n) is 2.80. The van der Waals surface area contributed by atoms with E-state index in [0.717, 1.165) is 5.56 Å². The third-order valence-electron chi connectivity index (χ3n) is 4.20. The van der Waals surface area contributed by atoms with Crippen molar-refractivity contribution in [3.05, 3.63) is 77.5 Å². The van der Waals surface area contributed by atoms with E-state index in [0.29, 0.717) is 29.8 Å². The SMILES string of the molecule is CCNC(=NCC(O)c1ccco1)NCC(c1ccc(Cl)cc1)n1cccn1. The molecule has 7 nitrogen and oxygen atoms in total. The van der Waals surface area contributed by atoms with Crippen molar-refractivity contribution < 1.29 is 9.52 Å². The predicted octanol–water partition coefficient (Wildman–Crippen LogP) is 3.01. The number of nitrogens with zero attached hydrogens (tertiary/aromatic N) is 3. The maximum Gasteiger partial charge on any atom is 0.191 e. The Morgan fingerprint density at radius 3 is 2.71 bits per heavy atom. The molecule has 8 heteroatoms. The Morgan fingerprint density at radius 2 is 2.07 bits per heavy atom. The van der Waals surface area contributed by atoms with E-state index in [-0.39, 0.29) is 12.6 Å². The number of benzene rings is 1. The molecule has 0 saturated heterocycles. The Balaban J connectivity index is 1.70. The second-order valence-corrected chi connectivity index (χ2v) is 6.62. The largest absolute Gasteiger partial charge is 0.467 e. The molecule has 28 heavy (non-hydrogen) atoms. The van der Waals surface area contributed by atoms with Crippen molar-refractivity contribution in [2.45, 2.75) is 19.1 Å². The van der Waals surface area contributed by atoms with Gasteiger partial charge >= 0.3 is 0 Å². The van der Waals surface area contributed by atoms with Crippen molar-refractivity contribution in [2.24, 2.45) is 4.99 Å². The van der Waals surface area contributed by atoms with E-state index in [1.54, 1.807) is 18.3 Å². The maximum absolute atomic E-state index is 10.2. The number of furan rings is 1. The molecule has 0 aliphatic carbocycles. The number of halogens is 1. The fraction of sp³-hybridized carbons (Fsp3) is 0.300. The van der Waals surface area contributed by atoms with E-state index in [4.69, 9.17) is 16.0 Å². The lowest BCUT2D eigenvalue weighted by Crippen LogP contribution is -2.40. The van der Waals surface area contributed by atoms with Crippen LogP contribution in [0.5, 0.6) is 0 Å². The van der Waals surface area contributed by atoms with E-state index in [1.807, 2.05) is 48.1 Å². The second kappa shape index (κ2) is 9.96. The van der Waals surface area contributed by atoms with E-state index in [2.05, 4.69) is 20.7 Å². The molecule has 3 N–H and O–H groups in total. The van der Waals surface area contributed by atoms with Crippen LogP contribution in [0, 0.1) is 0 Å². The Hall–Kier alpha value is -2.77. The summed E-state index contributed by atoms with van der Waals surface area (Å²) in [5.41, 5.74) is 1.08. The Kier molecular flexibility index (Phi) is 7.11. The molecule has 0 aliphatic heterocycles. The Labute approximate surface area is 169 Å². The van der Waals surface area contributed by atoms with Crippen molar-refractivity contribution in [1.29, 1.82) is 0 Å². The number of guanidine groups is 1. The summed E-state index contributed by atoms with van der Waals surface area (Å²) < 4.78 is 7.11. The van der Waals surface area contributed by atoms with E-state index >= 15 is 0 Å². The molecule has 2 heterocycles. The van der Waals surface area contributed by atoms with Gasteiger partial charge in [0.2, 0.25) is 0 Å². The lowest BCUT2D eigenvalue weighted by Gasteiger charge is -2.21. The lowest BCUT2D eigenvalue weighted by molar-refractivity contribution is 0.158. The van der Waals surface area contributed by atoms with E-state index in [9.17, 15) is 5.11 Å². The highest BCUT2D eigenvalue weighted by Crippen LogP contribution is 2.19. The highest BCUT2D eigenvalue weighted by atomic mass is 35.5. The van der Waals surface area contributed by atoms with Crippen molar-refractivity contribution in [3.8, 4) is 0 Å². The van der Waals surface area contributed by atoms with Crippen LogP contribution >= 0.6 is 11.6 Å². The fourth-order valence-corrected chi connectivity index (χ4v) is 2.92. The Bertz CT molecular complexity index is 847. The number of nitrogens with one attached hydrogen (secondary N) is 2. The summed E-state index contributed by atoms with van der Waals surface area (Å²) in [6.07, 6.45) is 4.42. The summed E-state index contributed by atoms with van der Waals surface area (Å²) in [6, 6.07) is 13.0. The van der Waals surface area contributed by atoms with E-state index < -0.39 is 6.10 Å². The van der Waals surface area contributed by atoms with Gasteiger partial charge in [0, 0.05) is 30.5 Å². The van der Waals surface area contributed by atoms with Gasteiger partial charge in [-0.2, -0.15) is 5.10 Å². The normalized spacial score (nSPS) is 13.9. The summed E-state index contributed by atoms with van der Waals surface area (Å²) in [7, 11) is 0. The number of aliphatic hydroxyl groups excluding tert-OH is 1. The number of aromatic nitrogens is 2. The molecule has 0 amide bonds. The minimum atomic E-state index is -0.788. The number of aliphatic imine (C=N–C) groups is 1. The van der Waals surface area contributed by atoms with Gasteiger partial charge in [0.05, 0.1) is 18.8 Å². The summed E-state index contributed by atoms with van der Waals surface area (Å²) in [4.78, 5) is 4.46. The third kappa shape index (κ3) is 5.37. The highest BCUT2D eigenvalue weighted by molar-refractivity contribution is 6.30. The average molecular weight is 402 g/mol. The van der Waals surface area contributed by atoms with Crippen molar-refractivity contribution in [2.75, 3.05) is 19.6 Å². The highest BCUT2D eigenvalue weighted by Gasteiger charge is 2.15. The van der Waals surface area contributed by atoms with Gasteiger partial charge in [0.1, 0.15) is 11.9 Å². The molecule has 148 valence electrons. The van der Waals surface area contributed by atoms with Gasteiger partial charge in [-0.15, -0.1) is 0 Å². The molecule has 2 aromatic heterocycles. The zero-order chi connectivity index (χ0) is 19.8. The molecule has 3 rings (SSSR count).